The van der Waals surface area contributed by atoms with Crippen LogP contribution in [-0.4, -0.2) is 29.8 Å². The van der Waals surface area contributed by atoms with Crippen molar-refractivity contribution in [3.05, 3.63) is 28.2 Å². The van der Waals surface area contributed by atoms with Crippen LogP contribution in [0.1, 0.15) is 39.5 Å². The Kier molecular flexibility index (Phi) is 8.28. The molecular weight excluding hydrogens is 323 g/mol. The van der Waals surface area contributed by atoms with E-state index >= 15 is 0 Å². The van der Waals surface area contributed by atoms with E-state index in [1.165, 1.54) is 0 Å². The summed E-state index contributed by atoms with van der Waals surface area (Å²) in [4.78, 5) is 25.8. The molecule has 0 radical (unpaired) electrons. The second kappa shape index (κ2) is 9.70. The Balaban J connectivity index is 2.64. The number of anilines is 1. The number of halogens is 2. The molecule has 0 saturated heterocycles. The molecule has 0 spiro atoms. The van der Waals surface area contributed by atoms with Gasteiger partial charge in [0, 0.05) is 18.0 Å². The highest BCUT2D eigenvalue weighted by molar-refractivity contribution is 6.36. The minimum absolute atomic E-state index is 0.0149. The lowest BCUT2D eigenvalue weighted by Gasteiger charge is -2.21. The van der Waals surface area contributed by atoms with Crippen LogP contribution in [0, 0.1) is 0 Å². The molecule has 0 heterocycles. The molecule has 0 aliphatic carbocycles. The fourth-order valence-corrected chi connectivity index (χ4v) is 2.46. The zero-order valence-electron chi connectivity index (χ0n) is 13.0. The Labute approximate surface area is 141 Å². The Morgan fingerprint density at radius 1 is 1.18 bits per heavy atom. The molecule has 2 amide bonds. The maximum Gasteiger partial charge on any atom is 0.244 e. The van der Waals surface area contributed by atoms with E-state index in [0.717, 1.165) is 19.3 Å². The number of carbonyl (C=O) groups excluding carboxylic acids is 2. The Hall–Kier alpha value is -1.26. The Bertz CT molecular complexity index is 521. The highest BCUT2D eigenvalue weighted by Gasteiger charge is 2.16. The lowest BCUT2D eigenvalue weighted by molar-refractivity contribution is -0.134. The number of amides is 2. The first-order valence-corrected chi connectivity index (χ1v) is 8.26. The van der Waals surface area contributed by atoms with Gasteiger partial charge < -0.3 is 10.2 Å². The summed E-state index contributed by atoms with van der Waals surface area (Å²) in [6.45, 7) is 4.63. The van der Waals surface area contributed by atoms with Crippen molar-refractivity contribution in [1.82, 2.24) is 4.90 Å². The van der Waals surface area contributed by atoms with E-state index in [9.17, 15) is 9.59 Å². The molecule has 0 fully saturated rings. The Morgan fingerprint density at radius 2 is 1.91 bits per heavy atom. The molecular formula is C16H22Cl2N2O2. The molecule has 1 rings (SSSR count). The first-order valence-electron chi connectivity index (χ1n) is 7.50. The average Bonchev–Trinajstić information content (AvgIpc) is 2.47. The first kappa shape index (κ1) is 18.8. The molecule has 0 aliphatic heterocycles. The van der Waals surface area contributed by atoms with Gasteiger partial charge in [-0.15, -0.1) is 0 Å². The summed E-state index contributed by atoms with van der Waals surface area (Å²) in [6.07, 6.45) is 3.08. The number of rotatable bonds is 8. The molecule has 22 heavy (non-hydrogen) atoms. The van der Waals surface area contributed by atoms with Crippen LogP contribution < -0.4 is 5.32 Å². The van der Waals surface area contributed by atoms with Crippen molar-refractivity contribution in [1.29, 1.82) is 0 Å². The van der Waals surface area contributed by atoms with Crippen LogP contribution in [-0.2, 0) is 9.59 Å². The second-order valence-electron chi connectivity index (χ2n) is 5.09. The molecule has 122 valence electrons. The maximum atomic E-state index is 12.1. The zero-order valence-corrected chi connectivity index (χ0v) is 14.5. The third-order valence-electron chi connectivity index (χ3n) is 3.13. The lowest BCUT2D eigenvalue weighted by atomic mass is 10.2. The molecule has 1 aromatic carbocycles. The van der Waals surface area contributed by atoms with Crippen molar-refractivity contribution in [2.45, 2.75) is 39.5 Å². The third kappa shape index (κ3) is 6.24. The van der Waals surface area contributed by atoms with Crippen molar-refractivity contribution < 1.29 is 9.59 Å². The monoisotopic (exact) mass is 344 g/mol. The Morgan fingerprint density at radius 3 is 2.50 bits per heavy atom. The number of hydrogen-bond acceptors (Lipinski definition) is 2. The van der Waals surface area contributed by atoms with Crippen molar-refractivity contribution in [3.63, 3.8) is 0 Å². The van der Waals surface area contributed by atoms with Crippen molar-refractivity contribution in [3.8, 4) is 0 Å². The first-order chi connectivity index (χ1) is 10.5. The SMILES string of the molecule is CCCCC(=O)N(CCC)CC(=O)Nc1ccc(Cl)cc1Cl. The van der Waals surface area contributed by atoms with Crippen LogP contribution in [0.15, 0.2) is 18.2 Å². The van der Waals surface area contributed by atoms with E-state index in [4.69, 9.17) is 23.2 Å². The van der Waals surface area contributed by atoms with Gasteiger partial charge in [0.2, 0.25) is 11.8 Å². The summed E-state index contributed by atoms with van der Waals surface area (Å²) in [5.74, 6) is -0.247. The minimum atomic E-state index is -0.262. The van der Waals surface area contributed by atoms with E-state index in [0.29, 0.717) is 28.7 Å². The molecule has 0 aliphatic rings. The van der Waals surface area contributed by atoms with E-state index < -0.39 is 0 Å². The molecule has 0 unspecified atom stereocenters. The number of nitrogens with zero attached hydrogens (tertiary/aromatic N) is 1. The van der Waals surface area contributed by atoms with Crippen LogP contribution in [0.5, 0.6) is 0 Å². The fourth-order valence-electron chi connectivity index (χ4n) is 2.00. The van der Waals surface area contributed by atoms with Crippen LogP contribution in [0.2, 0.25) is 10.0 Å². The summed E-state index contributed by atoms with van der Waals surface area (Å²) >= 11 is 11.8. The van der Waals surface area contributed by atoms with Crippen molar-refractivity contribution >= 4 is 40.7 Å². The highest BCUT2D eigenvalue weighted by Crippen LogP contribution is 2.25. The lowest BCUT2D eigenvalue weighted by Crippen LogP contribution is -2.38. The molecule has 4 nitrogen and oxygen atoms in total. The predicted octanol–water partition coefficient (Wildman–Crippen LogP) is 4.36. The van der Waals surface area contributed by atoms with Crippen LogP contribution >= 0.6 is 23.2 Å². The fraction of sp³-hybridized carbons (Fsp3) is 0.500. The topological polar surface area (TPSA) is 49.4 Å². The quantitative estimate of drug-likeness (QED) is 0.761. The largest absolute Gasteiger partial charge is 0.333 e. The molecule has 0 bridgehead atoms. The predicted molar refractivity (Wildman–Crippen MR) is 91.5 cm³/mol. The zero-order chi connectivity index (χ0) is 16.5. The van der Waals surface area contributed by atoms with Gasteiger partial charge in [-0.3, -0.25) is 9.59 Å². The standard InChI is InChI=1S/C16H22Cl2N2O2/c1-3-5-6-16(22)20(9-4-2)11-15(21)19-14-8-7-12(17)10-13(14)18/h7-8,10H,3-6,9,11H2,1-2H3,(H,19,21). The van der Waals surface area contributed by atoms with Gasteiger partial charge in [0.25, 0.3) is 0 Å². The molecule has 0 saturated carbocycles. The van der Waals surface area contributed by atoms with Gasteiger partial charge in [-0.05, 0) is 31.0 Å². The number of carbonyl (C=O) groups is 2. The average molecular weight is 345 g/mol. The maximum absolute atomic E-state index is 12.1. The molecule has 1 N–H and O–H groups in total. The highest BCUT2D eigenvalue weighted by atomic mass is 35.5. The third-order valence-corrected chi connectivity index (χ3v) is 3.68. The van der Waals surface area contributed by atoms with Gasteiger partial charge >= 0.3 is 0 Å². The van der Waals surface area contributed by atoms with Crippen LogP contribution in [0.3, 0.4) is 0 Å². The van der Waals surface area contributed by atoms with Gasteiger partial charge in [0.1, 0.15) is 0 Å². The van der Waals surface area contributed by atoms with Gasteiger partial charge in [-0.1, -0.05) is 43.5 Å². The minimum Gasteiger partial charge on any atom is -0.333 e. The van der Waals surface area contributed by atoms with E-state index in [1.807, 2.05) is 13.8 Å². The van der Waals surface area contributed by atoms with Crippen molar-refractivity contribution in [2.75, 3.05) is 18.4 Å². The van der Waals surface area contributed by atoms with Gasteiger partial charge in [0.15, 0.2) is 0 Å². The van der Waals surface area contributed by atoms with E-state index in [-0.39, 0.29) is 18.4 Å². The number of hydrogen-bond donors (Lipinski definition) is 1. The second-order valence-corrected chi connectivity index (χ2v) is 5.93. The summed E-state index contributed by atoms with van der Waals surface area (Å²) in [6, 6.07) is 4.86. The molecule has 0 atom stereocenters. The van der Waals surface area contributed by atoms with E-state index in [2.05, 4.69) is 5.32 Å². The molecule has 0 aromatic heterocycles. The summed E-state index contributed by atoms with van der Waals surface area (Å²) in [7, 11) is 0. The molecule has 1 aromatic rings. The van der Waals surface area contributed by atoms with Crippen LogP contribution in [0.4, 0.5) is 5.69 Å². The van der Waals surface area contributed by atoms with Crippen molar-refractivity contribution in [2.24, 2.45) is 0 Å². The normalized spacial score (nSPS) is 10.4. The van der Waals surface area contributed by atoms with Crippen LogP contribution in [0.25, 0.3) is 0 Å². The summed E-state index contributed by atoms with van der Waals surface area (Å²) in [5.41, 5.74) is 0.494. The van der Waals surface area contributed by atoms with Gasteiger partial charge in [-0.25, -0.2) is 0 Å². The van der Waals surface area contributed by atoms with E-state index in [1.54, 1.807) is 23.1 Å². The smallest absolute Gasteiger partial charge is 0.244 e. The summed E-state index contributed by atoms with van der Waals surface area (Å²) in [5, 5.41) is 3.59. The van der Waals surface area contributed by atoms with Gasteiger partial charge in [-0.2, -0.15) is 0 Å². The number of unbranched alkanes of at least 4 members (excludes halogenated alkanes) is 1. The van der Waals surface area contributed by atoms with Gasteiger partial charge in [0.05, 0.1) is 17.3 Å². The molecule has 6 heteroatoms. The summed E-state index contributed by atoms with van der Waals surface area (Å²) < 4.78 is 0. The number of nitrogens with one attached hydrogen (secondary N) is 1. The number of benzene rings is 1.